The molecule has 0 radical (unpaired) electrons. The standard InChI is InChI=1S/C12H8F2N2O2/c13-8-2-1-3-9(14)11(8)16-10-4-5-15-6-7(10)12(17)18/h1-6H,(H,15,16)(H,17,18). The molecule has 6 heteroatoms. The number of aromatic nitrogens is 1. The number of pyridine rings is 1. The van der Waals surface area contributed by atoms with Crippen molar-refractivity contribution in [2.45, 2.75) is 0 Å². The van der Waals surface area contributed by atoms with Gasteiger partial charge in [0, 0.05) is 12.4 Å². The van der Waals surface area contributed by atoms with Gasteiger partial charge in [0.05, 0.1) is 5.69 Å². The predicted octanol–water partition coefficient (Wildman–Crippen LogP) is 2.80. The second-order valence-corrected chi connectivity index (χ2v) is 3.45. The first-order chi connectivity index (χ1) is 8.59. The van der Waals surface area contributed by atoms with E-state index in [1.54, 1.807) is 0 Å². The largest absolute Gasteiger partial charge is 0.478 e. The summed E-state index contributed by atoms with van der Waals surface area (Å²) in [6.45, 7) is 0. The lowest BCUT2D eigenvalue weighted by Gasteiger charge is -2.10. The van der Waals surface area contributed by atoms with E-state index in [0.717, 1.165) is 18.3 Å². The van der Waals surface area contributed by atoms with Gasteiger partial charge in [0.2, 0.25) is 0 Å². The number of carboxylic acid groups (broad SMARTS) is 1. The number of hydrogen-bond acceptors (Lipinski definition) is 3. The third kappa shape index (κ3) is 2.27. The van der Waals surface area contributed by atoms with Gasteiger partial charge in [-0.15, -0.1) is 0 Å². The molecule has 0 atom stereocenters. The Balaban J connectivity index is 2.43. The van der Waals surface area contributed by atoms with Crippen molar-refractivity contribution in [3.05, 3.63) is 53.9 Å². The van der Waals surface area contributed by atoms with Gasteiger partial charge < -0.3 is 10.4 Å². The fraction of sp³-hybridized carbons (Fsp3) is 0. The molecule has 92 valence electrons. The molecule has 0 saturated carbocycles. The lowest BCUT2D eigenvalue weighted by Crippen LogP contribution is -2.05. The Morgan fingerprint density at radius 3 is 2.50 bits per heavy atom. The monoisotopic (exact) mass is 250 g/mol. The van der Waals surface area contributed by atoms with E-state index in [1.165, 1.54) is 18.3 Å². The van der Waals surface area contributed by atoms with Crippen LogP contribution in [0.4, 0.5) is 20.2 Å². The average Bonchev–Trinajstić information content (AvgIpc) is 2.34. The van der Waals surface area contributed by atoms with E-state index in [2.05, 4.69) is 10.3 Å². The molecule has 0 unspecified atom stereocenters. The van der Waals surface area contributed by atoms with Gasteiger partial charge in [-0.2, -0.15) is 0 Å². The van der Waals surface area contributed by atoms with Gasteiger partial charge in [0.25, 0.3) is 0 Å². The van der Waals surface area contributed by atoms with Crippen LogP contribution in [0.2, 0.25) is 0 Å². The molecule has 0 bridgehead atoms. The SMILES string of the molecule is O=C(O)c1cnccc1Nc1c(F)cccc1F. The summed E-state index contributed by atoms with van der Waals surface area (Å²) in [6, 6.07) is 4.70. The van der Waals surface area contributed by atoms with E-state index in [-0.39, 0.29) is 11.3 Å². The fourth-order valence-corrected chi connectivity index (χ4v) is 1.43. The molecule has 1 aromatic carbocycles. The van der Waals surface area contributed by atoms with Crippen LogP contribution in [0.1, 0.15) is 10.4 Å². The van der Waals surface area contributed by atoms with Crippen molar-refractivity contribution in [3.63, 3.8) is 0 Å². The fourth-order valence-electron chi connectivity index (χ4n) is 1.43. The first-order valence-electron chi connectivity index (χ1n) is 4.98. The number of para-hydroxylation sites is 1. The first-order valence-corrected chi connectivity index (χ1v) is 4.98. The number of anilines is 2. The van der Waals surface area contributed by atoms with Crippen LogP contribution >= 0.6 is 0 Å². The van der Waals surface area contributed by atoms with Gasteiger partial charge >= 0.3 is 5.97 Å². The Labute approximate surface area is 101 Å². The highest BCUT2D eigenvalue weighted by Crippen LogP contribution is 2.24. The van der Waals surface area contributed by atoms with Gasteiger partial charge in [-0.1, -0.05) is 6.07 Å². The zero-order valence-electron chi connectivity index (χ0n) is 9.02. The molecular weight excluding hydrogens is 242 g/mol. The summed E-state index contributed by atoms with van der Waals surface area (Å²) in [7, 11) is 0. The number of halogens is 2. The Kier molecular flexibility index (Phi) is 3.18. The van der Waals surface area contributed by atoms with Crippen LogP contribution < -0.4 is 5.32 Å². The lowest BCUT2D eigenvalue weighted by molar-refractivity contribution is 0.0697. The number of nitrogens with one attached hydrogen (secondary N) is 1. The molecule has 18 heavy (non-hydrogen) atoms. The van der Waals surface area contributed by atoms with Crippen molar-refractivity contribution in [2.24, 2.45) is 0 Å². The van der Waals surface area contributed by atoms with Gasteiger partial charge in [0.15, 0.2) is 0 Å². The summed E-state index contributed by atoms with van der Waals surface area (Å²) in [5, 5.41) is 11.3. The topological polar surface area (TPSA) is 62.2 Å². The lowest BCUT2D eigenvalue weighted by atomic mass is 10.2. The van der Waals surface area contributed by atoms with Crippen LogP contribution in [-0.2, 0) is 0 Å². The molecule has 0 aliphatic heterocycles. The number of rotatable bonds is 3. The minimum absolute atomic E-state index is 0.0708. The number of aromatic carboxylic acids is 1. The molecule has 2 rings (SSSR count). The van der Waals surface area contributed by atoms with Crippen LogP contribution in [0.25, 0.3) is 0 Å². The Morgan fingerprint density at radius 1 is 1.22 bits per heavy atom. The molecule has 0 fully saturated rings. The molecule has 0 amide bonds. The quantitative estimate of drug-likeness (QED) is 0.879. The molecule has 0 saturated heterocycles. The van der Waals surface area contributed by atoms with E-state index in [1.807, 2.05) is 0 Å². The van der Waals surface area contributed by atoms with Gasteiger partial charge in [-0.25, -0.2) is 13.6 Å². The van der Waals surface area contributed by atoms with Crippen molar-refractivity contribution < 1.29 is 18.7 Å². The van der Waals surface area contributed by atoms with E-state index in [0.29, 0.717) is 0 Å². The summed E-state index contributed by atoms with van der Waals surface area (Å²) >= 11 is 0. The Morgan fingerprint density at radius 2 is 1.89 bits per heavy atom. The van der Waals surface area contributed by atoms with Gasteiger partial charge in [0.1, 0.15) is 22.9 Å². The van der Waals surface area contributed by atoms with E-state index in [4.69, 9.17) is 5.11 Å². The number of carbonyl (C=O) groups is 1. The van der Waals surface area contributed by atoms with Crippen molar-refractivity contribution >= 4 is 17.3 Å². The van der Waals surface area contributed by atoms with Crippen molar-refractivity contribution in [1.29, 1.82) is 0 Å². The molecule has 1 heterocycles. The van der Waals surface area contributed by atoms with Crippen LogP contribution in [0, 0.1) is 11.6 Å². The number of benzene rings is 1. The smallest absolute Gasteiger partial charge is 0.339 e. The highest BCUT2D eigenvalue weighted by molar-refractivity contribution is 5.94. The maximum atomic E-state index is 13.4. The maximum Gasteiger partial charge on any atom is 0.339 e. The first kappa shape index (κ1) is 12.0. The summed E-state index contributed by atoms with van der Waals surface area (Å²) in [6.07, 6.45) is 2.43. The van der Waals surface area contributed by atoms with Crippen molar-refractivity contribution in [3.8, 4) is 0 Å². The predicted molar refractivity (Wildman–Crippen MR) is 60.8 cm³/mol. The number of carboxylic acids is 1. The third-order valence-corrected chi connectivity index (χ3v) is 2.27. The molecule has 0 aliphatic rings. The second kappa shape index (κ2) is 4.79. The zero-order chi connectivity index (χ0) is 13.1. The summed E-state index contributed by atoms with van der Waals surface area (Å²) < 4.78 is 26.8. The molecule has 0 spiro atoms. The minimum Gasteiger partial charge on any atom is -0.478 e. The number of hydrogen-bond donors (Lipinski definition) is 2. The summed E-state index contributed by atoms with van der Waals surface area (Å²) in [4.78, 5) is 14.6. The van der Waals surface area contributed by atoms with E-state index in [9.17, 15) is 13.6 Å². The van der Waals surface area contributed by atoms with Crippen LogP contribution in [0.15, 0.2) is 36.7 Å². The highest BCUT2D eigenvalue weighted by Gasteiger charge is 2.14. The molecule has 2 aromatic rings. The molecular formula is C12H8F2N2O2. The Bertz CT molecular complexity index is 582. The zero-order valence-corrected chi connectivity index (χ0v) is 9.02. The maximum absolute atomic E-state index is 13.4. The van der Waals surface area contributed by atoms with Crippen molar-refractivity contribution in [1.82, 2.24) is 4.98 Å². The minimum atomic E-state index is -1.23. The van der Waals surface area contributed by atoms with Crippen molar-refractivity contribution in [2.75, 3.05) is 5.32 Å². The number of nitrogens with zero attached hydrogens (tertiary/aromatic N) is 1. The summed E-state index contributed by atoms with van der Waals surface area (Å²) in [5.41, 5.74) is -0.493. The molecule has 2 N–H and O–H groups in total. The average molecular weight is 250 g/mol. The van der Waals surface area contributed by atoms with Crippen LogP contribution in [-0.4, -0.2) is 16.1 Å². The summed E-state index contributed by atoms with van der Waals surface area (Å²) in [5.74, 6) is -2.84. The van der Waals surface area contributed by atoms with Crippen LogP contribution in [0.5, 0.6) is 0 Å². The highest BCUT2D eigenvalue weighted by atomic mass is 19.1. The molecule has 0 aliphatic carbocycles. The van der Waals surface area contributed by atoms with Gasteiger partial charge in [-0.05, 0) is 18.2 Å². The van der Waals surface area contributed by atoms with Crippen LogP contribution in [0.3, 0.4) is 0 Å². The van der Waals surface area contributed by atoms with Gasteiger partial charge in [-0.3, -0.25) is 4.98 Å². The molecule has 4 nitrogen and oxygen atoms in total. The third-order valence-electron chi connectivity index (χ3n) is 2.27. The van der Waals surface area contributed by atoms with E-state index >= 15 is 0 Å². The van der Waals surface area contributed by atoms with E-state index < -0.39 is 23.3 Å². The normalized spacial score (nSPS) is 10.1. The Hall–Kier alpha value is -2.50. The molecule has 1 aromatic heterocycles. The second-order valence-electron chi connectivity index (χ2n) is 3.45.